The van der Waals surface area contributed by atoms with Crippen molar-refractivity contribution in [2.45, 2.75) is 56.6 Å². The minimum Gasteiger partial charge on any atom is -0.393 e. The lowest BCUT2D eigenvalue weighted by Gasteiger charge is -2.38. The predicted octanol–water partition coefficient (Wildman–Crippen LogP) is 3.21. The highest BCUT2D eigenvalue weighted by molar-refractivity contribution is 5.23. The second-order valence-corrected chi connectivity index (χ2v) is 6.44. The molecule has 1 aromatic carbocycles. The van der Waals surface area contributed by atoms with Crippen LogP contribution in [0.4, 0.5) is 4.39 Å². The van der Waals surface area contributed by atoms with E-state index in [1.807, 2.05) is 12.1 Å². The Kier molecular flexibility index (Phi) is 4.37. The zero-order valence-electron chi connectivity index (χ0n) is 11.9. The zero-order valence-corrected chi connectivity index (χ0v) is 11.9. The minimum absolute atomic E-state index is 0.107. The van der Waals surface area contributed by atoms with Gasteiger partial charge in [-0.2, -0.15) is 0 Å². The molecule has 110 valence electrons. The number of aliphatic hydroxyl groups is 1. The van der Waals surface area contributed by atoms with Crippen molar-refractivity contribution in [2.75, 3.05) is 6.54 Å². The maximum Gasteiger partial charge on any atom is 0.123 e. The molecule has 20 heavy (non-hydrogen) atoms. The number of benzene rings is 1. The third-order valence-corrected chi connectivity index (χ3v) is 5.02. The van der Waals surface area contributed by atoms with Crippen molar-refractivity contribution in [3.63, 3.8) is 0 Å². The van der Waals surface area contributed by atoms with Crippen LogP contribution in [0.2, 0.25) is 0 Å². The SMILES string of the molecule is OC1CCCCC1CNC1CC(c2ccc(F)cc2)C1. The molecule has 3 heteroatoms. The molecule has 2 N–H and O–H groups in total. The van der Waals surface area contributed by atoms with Crippen LogP contribution in [0.1, 0.15) is 50.0 Å². The molecule has 0 spiro atoms. The maximum absolute atomic E-state index is 12.9. The van der Waals surface area contributed by atoms with E-state index in [1.165, 1.54) is 18.4 Å². The number of nitrogens with one attached hydrogen (secondary N) is 1. The molecule has 2 atom stereocenters. The van der Waals surface area contributed by atoms with Crippen LogP contribution in [0.15, 0.2) is 24.3 Å². The fraction of sp³-hybridized carbons (Fsp3) is 0.647. The van der Waals surface area contributed by atoms with Crippen molar-refractivity contribution in [1.29, 1.82) is 0 Å². The van der Waals surface area contributed by atoms with E-state index in [4.69, 9.17) is 0 Å². The van der Waals surface area contributed by atoms with E-state index in [0.29, 0.717) is 17.9 Å². The lowest BCUT2D eigenvalue weighted by atomic mass is 9.75. The molecule has 1 aromatic rings. The number of aliphatic hydroxyl groups excluding tert-OH is 1. The van der Waals surface area contributed by atoms with E-state index in [0.717, 1.165) is 32.2 Å². The highest BCUT2D eigenvalue weighted by atomic mass is 19.1. The van der Waals surface area contributed by atoms with Crippen LogP contribution >= 0.6 is 0 Å². The molecule has 2 unspecified atom stereocenters. The van der Waals surface area contributed by atoms with Crippen molar-refractivity contribution < 1.29 is 9.50 Å². The summed E-state index contributed by atoms with van der Waals surface area (Å²) in [5.74, 6) is 0.854. The molecule has 0 aliphatic heterocycles. The summed E-state index contributed by atoms with van der Waals surface area (Å²) in [6, 6.07) is 7.48. The average molecular weight is 277 g/mol. The predicted molar refractivity (Wildman–Crippen MR) is 78.1 cm³/mol. The first-order chi connectivity index (χ1) is 9.72. The van der Waals surface area contributed by atoms with Crippen molar-refractivity contribution in [3.8, 4) is 0 Å². The topological polar surface area (TPSA) is 32.3 Å². The molecule has 0 bridgehead atoms. The molecule has 0 aromatic heterocycles. The van der Waals surface area contributed by atoms with Gasteiger partial charge in [0.1, 0.15) is 5.82 Å². The summed E-state index contributed by atoms with van der Waals surface area (Å²) in [7, 11) is 0. The molecular weight excluding hydrogens is 253 g/mol. The number of halogens is 1. The Morgan fingerprint density at radius 2 is 1.80 bits per heavy atom. The Morgan fingerprint density at radius 3 is 2.50 bits per heavy atom. The fourth-order valence-electron chi connectivity index (χ4n) is 3.54. The van der Waals surface area contributed by atoms with Gasteiger partial charge in [-0.05, 0) is 55.2 Å². The van der Waals surface area contributed by atoms with Crippen molar-refractivity contribution in [1.82, 2.24) is 5.32 Å². The van der Waals surface area contributed by atoms with Gasteiger partial charge >= 0.3 is 0 Å². The van der Waals surface area contributed by atoms with Gasteiger partial charge in [0, 0.05) is 12.6 Å². The lowest BCUT2D eigenvalue weighted by Crippen LogP contribution is -2.44. The molecule has 2 saturated carbocycles. The summed E-state index contributed by atoms with van der Waals surface area (Å²) in [6.45, 7) is 0.946. The normalized spacial score (nSPS) is 33.7. The molecule has 2 fully saturated rings. The standard InChI is InChI=1S/C17H24FNO/c18-15-7-5-12(6-8-15)14-9-16(10-14)19-11-13-3-1-2-4-17(13)20/h5-8,13-14,16-17,19-20H,1-4,9-11H2. The van der Waals surface area contributed by atoms with Gasteiger partial charge in [-0.3, -0.25) is 0 Å². The number of rotatable bonds is 4. The van der Waals surface area contributed by atoms with Crippen LogP contribution in [0, 0.1) is 11.7 Å². The van der Waals surface area contributed by atoms with Gasteiger partial charge in [0.25, 0.3) is 0 Å². The number of hydrogen-bond donors (Lipinski definition) is 2. The van der Waals surface area contributed by atoms with Crippen LogP contribution in [-0.4, -0.2) is 23.8 Å². The van der Waals surface area contributed by atoms with E-state index < -0.39 is 0 Å². The quantitative estimate of drug-likeness (QED) is 0.885. The molecular formula is C17H24FNO. The first-order valence-electron chi connectivity index (χ1n) is 7.89. The summed E-state index contributed by atoms with van der Waals surface area (Å²) in [5.41, 5.74) is 1.25. The highest BCUT2D eigenvalue weighted by Gasteiger charge is 2.31. The summed E-state index contributed by atoms with van der Waals surface area (Å²) >= 11 is 0. The van der Waals surface area contributed by atoms with Crippen LogP contribution in [0.3, 0.4) is 0 Å². The number of hydrogen-bond acceptors (Lipinski definition) is 2. The van der Waals surface area contributed by atoms with E-state index in [1.54, 1.807) is 12.1 Å². The Morgan fingerprint density at radius 1 is 1.10 bits per heavy atom. The minimum atomic E-state index is -0.158. The van der Waals surface area contributed by atoms with E-state index >= 15 is 0 Å². The largest absolute Gasteiger partial charge is 0.393 e. The third kappa shape index (κ3) is 3.21. The van der Waals surface area contributed by atoms with Crippen molar-refractivity contribution in [3.05, 3.63) is 35.6 Å². The van der Waals surface area contributed by atoms with E-state index in [9.17, 15) is 9.50 Å². The smallest absolute Gasteiger partial charge is 0.123 e. The summed E-state index contributed by atoms with van der Waals surface area (Å²) in [5, 5.41) is 13.5. The van der Waals surface area contributed by atoms with Crippen molar-refractivity contribution >= 4 is 0 Å². The van der Waals surface area contributed by atoms with Crippen LogP contribution in [0.25, 0.3) is 0 Å². The van der Waals surface area contributed by atoms with Gasteiger partial charge in [0.15, 0.2) is 0 Å². The van der Waals surface area contributed by atoms with Gasteiger partial charge in [-0.25, -0.2) is 4.39 Å². The fourth-order valence-corrected chi connectivity index (χ4v) is 3.54. The second-order valence-electron chi connectivity index (χ2n) is 6.44. The molecule has 0 saturated heterocycles. The summed E-state index contributed by atoms with van der Waals surface area (Å²) < 4.78 is 12.9. The molecule has 3 rings (SSSR count). The first kappa shape index (κ1) is 14.0. The van der Waals surface area contributed by atoms with Gasteiger partial charge < -0.3 is 10.4 Å². The van der Waals surface area contributed by atoms with Gasteiger partial charge in [-0.1, -0.05) is 25.0 Å². The third-order valence-electron chi connectivity index (χ3n) is 5.02. The molecule has 0 amide bonds. The molecule has 0 heterocycles. The highest BCUT2D eigenvalue weighted by Crippen LogP contribution is 2.37. The van der Waals surface area contributed by atoms with Gasteiger partial charge in [-0.15, -0.1) is 0 Å². The second kappa shape index (κ2) is 6.23. The Hall–Kier alpha value is -0.930. The van der Waals surface area contributed by atoms with Crippen LogP contribution in [-0.2, 0) is 0 Å². The Bertz CT molecular complexity index is 427. The van der Waals surface area contributed by atoms with Crippen LogP contribution < -0.4 is 5.32 Å². The monoisotopic (exact) mass is 277 g/mol. The maximum atomic E-state index is 12.9. The summed E-state index contributed by atoms with van der Waals surface area (Å²) in [4.78, 5) is 0. The van der Waals surface area contributed by atoms with Gasteiger partial charge in [0.2, 0.25) is 0 Å². The summed E-state index contributed by atoms with van der Waals surface area (Å²) in [6.07, 6.45) is 6.71. The average Bonchev–Trinajstić information content (AvgIpc) is 2.41. The molecule has 0 radical (unpaired) electrons. The molecule has 2 aliphatic carbocycles. The lowest BCUT2D eigenvalue weighted by molar-refractivity contribution is 0.0655. The Labute approximate surface area is 120 Å². The molecule has 2 nitrogen and oxygen atoms in total. The molecule has 2 aliphatic rings. The Balaban J connectivity index is 1.41. The van der Waals surface area contributed by atoms with E-state index in [2.05, 4.69) is 5.32 Å². The van der Waals surface area contributed by atoms with E-state index in [-0.39, 0.29) is 11.9 Å². The van der Waals surface area contributed by atoms with Gasteiger partial charge in [0.05, 0.1) is 6.10 Å². The van der Waals surface area contributed by atoms with Crippen LogP contribution in [0.5, 0.6) is 0 Å². The first-order valence-corrected chi connectivity index (χ1v) is 7.89. The zero-order chi connectivity index (χ0) is 13.9. The van der Waals surface area contributed by atoms with Crippen molar-refractivity contribution in [2.24, 2.45) is 5.92 Å².